The van der Waals surface area contributed by atoms with Crippen molar-refractivity contribution < 1.29 is 17.6 Å². The first-order valence-corrected chi connectivity index (χ1v) is 8.42. The van der Waals surface area contributed by atoms with Gasteiger partial charge in [0.2, 0.25) is 15.9 Å². The van der Waals surface area contributed by atoms with Gasteiger partial charge >= 0.3 is 0 Å². The average molecular weight is 341 g/mol. The van der Waals surface area contributed by atoms with Gasteiger partial charge in [0.05, 0.1) is 24.2 Å². The first kappa shape index (κ1) is 17.0. The van der Waals surface area contributed by atoms with E-state index in [1.54, 1.807) is 6.92 Å². The molecule has 124 valence electrons. The number of nitrogens with zero attached hydrogens (tertiary/aromatic N) is 4. The molecule has 0 aliphatic carbocycles. The van der Waals surface area contributed by atoms with Gasteiger partial charge in [0.1, 0.15) is 5.82 Å². The maximum atomic E-state index is 12.9. The molecule has 2 aromatic rings. The fourth-order valence-corrected chi connectivity index (χ4v) is 2.12. The van der Waals surface area contributed by atoms with Crippen LogP contribution >= 0.6 is 0 Å². The zero-order valence-electron chi connectivity index (χ0n) is 12.8. The van der Waals surface area contributed by atoms with Crippen LogP contribution in [0, 0.1) is 12.7 Å². The van der Waals surface area contributed by atoms with Crippen molar-refractivity contribution in [2.75, 3.05) is 25.2 Å². The molecule has 1 aromatic carbocycles. The van der Waals surface area contributed by atoms with E-state index in [1.165, 1.54) is 36.0 Å². The number of carbonyl (C=O) groups is 1. The number of likely N-dealkylation sites (N-methyl/N-ethyl adjacent to an activating group) is 1. The molecule has 0 aliphatic heterocycles. The molecule has 0 radical (unpaired) electrons. The SMILES string of the molecule is Cc1c(NC(=O)CN(C)S(C)(=O)=O)nnn1-c1ccc(F)cc1. The number of nitrogens with one attached hydrogen (secondary N) is 1. The normalized spacial score (nSPS) is 11.7. The zero-order valence-corrected chi connectivity index (χ0v) is 13.6. The zero-order chi connectivity index (χ0) is 17.2. The largest absolute Gasteiger partial charge is 0.306 e. The molecular weight excluding hydrogens is 325 g/mol. The quantitative estimate of drug-likeness (QED) is 0.856. The van der Waals surface area contributed by atoms with Crippen molar-refractivity contribution in [2.45, 2.75) is 6.92 Å². The molecule has 0 saturated heterocycles. The van der Waals surface area contributed by atoms with Crippen LogP contribution in [0.15, 0.2) is 24.3 Å². The van der Waals surface area contributed by atoms with Crippen molar-refractivity contribution in [3.05, 3.63) is 35.8 Å². The van der Waals surface area contributed by atoms with Gasteiger partial charge in [-0.25, -0.2) is 17.5 Å². The van der Waals surface area contributed by atoms with Crippen LogP contribution in [0.1, 0.15) is 5.69 Å². The molecule has 0 aliphatic rings. The third kappa shape index (κ3) is 4.11. The lowest BCUT2D eigenvalue weighted by molar-refractivity contribution is -0.116. The summed E-state index contributed by atoms with van der Waals surface area (Å²) in [4.78, 5) is 11.9. The summed E-state index contributed by atoms with van der Waals surface area (Å²) in [6, 6.07) is 5.63. The van der Waals surface area contributed by atoms with Gasteiger partial charge in [-0.3, -0.25) is 4.79 Å². The highest BCUT2D eigenvalue weighted by molar-refractivity contribution is 7.88. The number of carbonyl (C=O) groups excluding carboxylic acids is 1. The number of rotatable bonds is 5. The molecule has 2 rings (SSSR count). The second-order valence-corrected chi connectivity index (χ2v) is 7.07. The van der Waals surface area contributed by atoms with E-state index < -0.39 is 15.9 Å². The van der Waals surface area contributed by atoms with Crippen LogP contribution in [0.5, 0.6) is 0 Å². The molecule has 1 N–H and O–H groups in total. The minimum atomic E-state index is -3.45. The number of anilines is 1. The maximum Gasteiger partial charge on any atom is 0.240 e. The van der Waals surface area contributed by atoms with Gasteiger partial charge in [0.25, 0.3) is 0 Å². The van der Waals surface area contributed by atoms with Crippen molar-refractivity contribution in [3.63, 3.8) is 0 Å². The summed E-state index contributed by atoms with van der Waals surface area (Å²) in [7, 11) is -2.14. The molecule has 0 saturated carbocycles. The van der Waals surface area contributed by atoms with Gasteiger partial charge in [-0.15, -0.1) is 5.10 Å². The van der Waals surface area contributed by atoms with E-state index in [-0.39, 0.29) is 18.2 Å². The summed E-state index contributed by atoms with van der Waals surface area (Å²) in [6.45, 7) is 1.35. The number of hydrogen-bond acceptors (Lipinski definition) is 5. The highest BCUT2D eigenvalue weighted by atomic mass is 32.2. The summed E-state index contributed by atoms with van der Waals surface area (Å²) < 4.78 is 37.9. The molecule has 8 nitrogen and oxygen atoms in total. The fraction of sp³-hybridized carbons (Fsp3) is 0.308. The van der Waals surface area contributed by atoms with Crippen LogP contribution < -0.4 is 5.32 Å². The van der Waals surface area contributed by atoms with Gasteiger partial charge in [-0.2, -0.15) is 4.31 Å². The highest BCUT2D eigenvalue weighted by Gasteiger charge is 2.18. The predicted octanol–water partition coefficient (Wildman–Crippen LogP) is 0.545. The summed E-state index contributed by atoms with van der Waals surface area (Å²) in [5, 5.41) is 10.2. The Morgan fingerprint density at radius 3 is 2.52 bits per heavy atom. The third-order valence-electron chi connectivity index (χ3n) is 3.16. The van der Waals surface area contributed by atoms with E-state index in [4.69, 9.17) is 0 Å². The van der Waals surface area contributed by atoms with Crippen molar-refractivity contribution in [2.24, 2.45) is 0 Å². The Labute approximate surface area is 133 Å². The molecule has 1 amide bonds. The van der Waals surface area contributed by atoms with Crippen molar-refractivity contribution in [1.29, 1.82) is 0 Å². The lowest BCUT2D eigenvalue weighted by Gasteiger charge is -2.13. The van der Waals surface area contributed by atoms with E-state index in [0.717, 1.165) is 10.6 Å². The number of sulfonamides is 1. The summed E-state index contributed by atoms with van der Waals surface area (Å²) in [5.74, 6) is -0.697. The average Bonchev–Trinajstić information content (AvgIpc) is 2.80. The van der Waals surface area contributed by atoms with E-state index in [2.05, 4.69) is 15.6 Å². The molecule has 0 fully saturated rings. The van der Waals surface area contributed by atoms with Crippen molar-refractivity contribution in [1.82, 2.24) is 19.3 Å². The van der Waals surface area contributed by atoms with Crippen LogP contribution in [-0.4, -0.2) is 53.5 Å². The second kappa shape index (κ2) is 6.42. The Kier molecular flexibility index (Phi) is 4.76. The molecule has 0 bridgehead atoms. The van der Waals surface area contributed by atoms with Gasteiger partial charge in [0, 0.05) is 7.05 Å². The lowest BCUT2D eigenvalue weighted by atomic mass is 10.3. The van der Waals surface area contributed by atoms with E-state index in [9.17, 15) is 17.6 Å². The number of hydrogen-bond donors (Lipinski definition) is 1. The van der Waals surface area contributed by atoms with Gasteiger partial charge in [-0.05, 0) is 31.2 Å². The molecule has 0 spiro atoms. The fourth-order valence-electron chi connectivity index (χ4n) is 1.76. The predicted molar refractivity (Wildman–Crippen MR) is 82.2 cm³/mol. The smallest absolute Gasteiger partial charge is 0.240 e. The molecule has 0 atom stereocenters. The van der Waals surface area contributed by atoms with Crippen LogP contribution in [0.25, 0.3) is 5.69 Å². The van der Waals surface area contributed by atoms with Crippen molar-refractivity contribution >= 4 is 21.7 Å². The summed E-state index contributed by atoms with van der Waals surface area (Å²) >= 11 is 0. The number of amides is 1. The Morgan fingerprint density at radius 1 is 1.35 bits per heavy atom. The van der Waals surface area contributed by atoms with E-state index in [0.29, 0.717) is 11.4 Å². The topological polar surface area (TPSA) is 97.2 Å². The van der Waals surface area contributed by atoms with Crippen LogP contribution in [0.2, 0.25) is 0 Å². The standard InChI is InChI=1S/C13H16FN5O3S/c1-9-13(15-12(20)8-18(2)23(3,21)22)16-17-19(9)11-6-4-10(14)5-7-11/h4-7H,8H2,1-3H3,(H,15,20). The van der Waals surface area contributed by atoms with Gasteiger partial charge < -0.3 is 5.32 Å². The van der Waals surface area contributed by atoms with Crippen LogP contribution in [0.4, 0.5) is 10.2 Å². The van der Waals surface area contributed by atoms with Gasteiger partial charge in [0.15, 0.2) is 5.82 Å². The molecule has 23 heavy (non-hydrogen) atoms. The maximum absolute atomic E-state index is 12.9. The first-order chi connectivity index (χ1) is 10.7. The van der Waals surface area contributed by atoms with Crippen molar-refractivity contribution in [3.8, 4) is 5.69 Å². The minimum absolute atomic E-state index is 0.209. The Hall–Kier alpha value is -2.33. The van der Waals surface area contributed by atoms with E-state index in [1.807, 2.05) is 0 Å². The summed E-state index contributed by atoms with van der Waals surface area (Å²) in [5.41, 5.74) is 1.12. The van der Waals surface area contributed by atoms with Crippen LogP contribution in [-0.2, 0) is 14.8 Å². The Balaban J connectivity index is 2.13. The molecule has 0 unspecified atom stereocenters. The third-order valence-corrected chi connectivity index (χ3v) is 4.42. The highest BCUT2D eigenvalue weighted by Crippen LogP contribution is 2.16. The molecule has 1 heterocycles. The number of halogens is 1. The molecule has 10 heteroatoms. The van der Waals surface area contributed by atoms with E-state index >= 15 is 0 Å². The van der Waals surface area contributed by atoms with Crippen LogP contribution in [0.3, 0.4) is 0 Å². The minimum Gasteiger partial charge on any atom is -0.306 e. The number of benzene rings is 1. The lowest BCUT2D eigenvalue weighted by Crippen LogP contribution is -2.34. The van der Waals surface area contributed by atoms with Gasteiger partial charge in [-0.1, -0.05) is 5.21 Å². The summed E-state index contributed by atoms with van der Waals surface area (Å²) in [6.07, 6.45) is 1.01. The monoisotopic (exact) mass is 341 g/mol. The Bertz CT molecular complexity index is 817. The first-order valence-electron chi connectivity index (χ1n) is 6.58. The second-order valence-electron chi connectivity index (χ2n) is 4.98. The molecular formula is C13H16FN5O3S. The molecule has 1 aromatic heterocycles. The Morgan fingerprint density at radius 2 is 1.96 bits per heavy atom. The number of aromatic nitrogens is 3.